The number of hydrogen-bond acceptors (Lipinski definition) is 3. The van der Waals surface area contributed by atoms with Gasteiger partial charge in [0.1, 0.15) is 16.7 Å². The van der Waals surface area contributed by atoms with Crippen LogP contribution in [0.15, 0.2) is 0 Å². The van der Waals surface area contributed by atoms with Gasteiger partial charge in [0.2, 0.25) is 0 Å². The van der Waals surface area contributed by atoms with Crippen molar-refractivity contribution in [3.05, 3.63) is 0 Å². The lowest BCUT2D eigenvalue weighted by molar-refractivity contribution is -0.151. The Hall–Kier alpha value is -1.01. The van der Waals surface area contributed by atoms with Gasteiger partial charge in [-0.15, -0.1) is 23.2 Å². The average molecular weight is 245 g/mol. The molecule has 0 spiro atoms. The van der Waals surface area contributed by atoms with Crippen LogP contribution in [0.25, 0.3) is 0 Å². The van der Waals surface area contributed by atoms with Gasteiger partial charge in [-0.1, -0.05) is 0 Å². The minimum absolute atomic E-state index is 1.63. The first-order valence-electron chi connectivity index (χ1n) is 3.25. The van der Waals surface area contributed by atoms with Crippen LogP contribution in [-0.4, -0.2) is 44.0 Å². The van der Waals surface area contributed by atoms with Crippen molar-refractivity contribution >= 4 is 41.1 Å². The van der Waals surface area contributed by atoms with Crippen molar-refractivity contribution in [3.63, 3.8) is 0 Å². The Morgan fingerprint density at radius 1 is 0.786 bits per heavy atom. The zero-order valence-electron chi connectivity index (χ0n) is 6.55. The molecule has 0 rings (SSSR count). The van der Waals surface area contributed by atoms with Crippen LogP contribution in [0.3, 0.4) is 0 Å². The third-order valence-corrected chi connectivity index (χ3v) is 2.30. The highest BCUT2D eigenvalue weighted by Crippen LogP contribution is 2.21. The summed E-state index contributed by atoms with van der Waals surface area (Å²) < 4.78 is 0. The van der Waals surface area contributed by atoms with Crippen LogP contribution in [0.1, 0.15) is 0 Å². The number of rotatable bonds is 5. The minimum Gasteiger partial charge on any atom is -0.481 e. The van der Waals surface area contributed by atoms with Gasteiger partial charge in [0.15, 0.2) is 0 Å². The van der Waals surface area contributed by atoms with Crippen LogP contribution in [0, 0.1) is 5.92 Å². The highest BCUT2D eigenvalue weighted by atomic mass is 35.5. The Bertz CT molecular complexity index is 245. The van der Waals surface area contributed by atoms with E-state index in [0.29, 0.717) is 0 Å². The summed E-state index contributed by atoms with van der Waals surface area (Å²) in [6.45, 7) is 0. The highest BCUT2D eigenvalue weighted by Gasteiger charge is 2.41. The van der Waals surface area contributed by atoms with Crippen LogP contribution in [0.5, 0.6) is 0 Å². The van der Waals surface area contributed by atoms with Crippen molar-refractivity contribution in [1.29, 1.82) is 0 Å². The second-order valence-corrected chi connectivity index (χ2v) is 3.28. The molecule has 0 aliphatic heterocycles. The summed E-state index contributed by atoms with van der Waals surface area (Å²) in [7, 11) is 0. The zero-order chi connectivity index (χ0) is 11.5. The molecule has 0 bridgehead atoms. The molecule has 80 valence electrons. The van der Waals surface area contributed by atoms with Crippen LogP contribution in [-0.2, 0) is 14.4 Å². The van der Waals surface area contributed by atoms with E-state index in [1.54, 1.807) is 0 Å². The largest absolute Gasteiger partial charge is 0.481 e. The fourth-order valence-electron chi connectivity index (χ4n) is 0.706. The molecule has 0 aliphatic rings. The fourth-order valence-corrected chi connectivity index (χ4v) is 1.29. The number of carboxylic acid groups (broad SMARTS) is 3. The van der Waals surface area contributed by atoms with Gasteiger partial charge in [-0.25, -0.2) is 0 Å². The number of halogens is 2. The summed E-state index contributed by atoms with van der Waals surface area (Å²) in [4.78, 5) is 31.1. The van der Waals surface area contributed by atoms with Gasteiger partial charge in [0.05, 0.1) is 0 Å². The Morgan fingerprint density at radius 2 is 1.07 bits per heavy atom. The van der Waals surface area contributed by atoms with Gasteiger partial charge in [-0.2, -0.15) is 0 Å². The lowest BCUT2D eigenvalue weighted by atomic mass is 10.0. The molecule has 0 amide bonds. The van der Waals surface area contributed by atoms with E-state index in [0.717, 1.165) is 0 Å². The van der Waals surface area contributed by atoms with E-state index >= 15 is 0 Å². The predicted octanol–water partition coefficient (Wildman–Crippen LogP) is 0.0712. The summed E-state index contributed by atoms with van der Waals surface area (Å²) in [6, 6.07) is 0. The number of carbonyl (C=O) groups is 3. The van der Waals surface area contributed by atoms with Gasteiger partial charge in [-0.05, 0) is 0 Å². The summed E-state index contributed by atoms with van der Waals surface area (Å²) >= 11 is 10.4. The van der Waals surface area contributed by atoms with E-state index in [1.165, 1.54) is 0 Å². The number of carboxylic acids is 3. The van der Waals surface area contributed by atoms with Gasteiger partial charge in [-0.3, -0.25) is 14.4 Å². The molecule has 8 heteroatoms. The summed E-state index contributed by atoms with van der Waals surface area (Å²) in [5.41, 5.74) is 0. The molecule has 0 aliphatic carbocycles. The zero-order valence-corrected chi connectivity index (χ0v) is 8.07. The lowest BCUT2D eigenvalue weighted by Crippen LogP contribution is -2.40. The minimum atomic E-state index is -1.88. The molecule has 0 aromatic heterocycles. The lowest BCUT2D eigenvalue weighted by Gasteiger charge is -2.16. The molecule has 0 heterocycles. The standard InChI is InChI=1S/C6H6Cl2O6/c7-2(5(11)12)1(4(9)10)3(8)6(13)14/h1-3H,(H,9,10)(H,11,12)(H,13,14). The van der Waals surface area contributed by atoms with Crippen LogP contribution in [0.2, 0.25) is 0 Å². The van der Waals surface area contributed by atoms with Crippen molar-refractivity contribution in [2.24, 2.45) is 5.92 Å². The number of hydrogen-bond donors (Lipinski definition) is 3. The smallest absolute Gasteiger partial charge is 0.322 e. The van der Waals surface area contributed by atoms with E-state index < -0.39 is 34.6 Å². The first-order valence-corrected chi connectivity index (χ1v) is 4.13. The van der Waals surface area contributed by atoms with Crippen LogP contribution >= 0.6 is 23.2 Å². The van der Waals surface area contributed by atoms with Crippen LogP contribution < -0.4 is 0 Å². The molecule has 0 saturated carbocycles. The molecule has 0 aromatic carbocycles. The maximum atomic E-state index is 10.5. The van der Waals surface area contributed by atoms with Crippen molar-refractivity contribution in [2.45, 2.75) is 10.8 Å². The quantitative estimate of drug-likeness (QED) is 0.591. The first-order chi connectivity index (χ1) is 6.29. The van der Waals surface area contributed by atoms with Gasteiger partial charge < -0.3 is 15.3 Å². The van der Waals surface area contributed by atoms with E-state index in [2.05, 4.69) is 0 Å². The second-order valence-electron chi connectivity index (χ2n) is 2.34. The molecule has 0 aromatic rings. The molecule has 6 nitrogen and oxygen atoms in total. The SMILES string of the molecule is O=C(O)C(Cl)C(C(=O)O)C(Cl)C(=O)O. The Labute approximate surface area is 88.0 Å². The summed E-state index contributed by atoms with van der Waals surface area (Å²) in [6.07, 6.45) is 0. The Kier molecular flexibility index (Phi) is 4.65. The monoisotopic (exact) mass is 244 g/mol. The molecule has 2 unspecified atom stereocenters. The molecule has 2 atom stereocenters. The number of aliphatic carboxylic acids is 3. The van der Waals surface area contributed by atoms with Crippen molar-refractivity contribution in [2.75, 3.05) is 0 Å². The van der Waals surface area contributed by atoms with E-state index in [4.69, 9.17) is 38.5 Å². The van der Waals surface area contributed by atoms with Gasteiger partial charge in [0.25, 0.3) is 0 Å². The Balaban J connectivity index is 4.86. The summed E-state index contributed by atoms with van der Waals surface area (Å²) in [5, 5.41) is 21.5. The number of alkyl halides is 2. The van der Waals surface area contributed by atoms with Crippen molar-refractivity contribution < 1.29 is 29.7 Å². The van der Waals surface area contributed by atoms with E-state index in [1.807, 2.05) is 0 Å². The highest BCUT2D eigenvalue weighted by molar-refractivity contribution is 6.35. The predicted molar refractivity (Wildman–Crippen MR) is 45.7 cm³/mol. The Morgan fingerprint density at radius 3 is 1.21 bits per heavy atom. The molecule has 14 heavy (non-hydrogen) atoms. The van der Waals surface area contributed by atoms with Crippen LogP contribution in [0.4, 0.5) is 0 Å². The maximum absolute atomic E-state index is 10.5. The summed E-state index contributed by atoms with van der Waals surface area (Å²) in [5.74, 6) is -6.82. The van der Waals surface area contributed by atoms with Crippen molar-refractivity contribution in [3.8, 4) is 0 Å². The maximum Gasteiger partial charge on any atom is 0.322 e. The average Bonchev–Trinajstić information content (AvgIpc) is 2.03. The van der Waals surface area contributed by atoms with Gasteiger partial charge in [0, 0.05) is 0 Å². The molecule has 0 saturated heterocycles. The molecule has 0 fully saturated rings. The molecular formula is C6H6Cl2O6. The van der Waals surface area contributed by atoms with Gasteiger partial charge >= 0.3 is 17.9 Å². The molecule has 3 N–H and O–H groups in total. The third-order valence-electron chi connectivity index (χ3n) is 1.39. The topological polar surface area (TPSA) is 112 Å². The normalized spacial score (nSPS) is 16.7. The second kappa shape index (κ2) is 5.02. The van der Waals surface area contributed by atoms with Crippen molar-refractivity contribution in [1.82, 2.24) is 0 Å². The first kappa shape index (κ1) is 13.0. The van der Waals surface area contributed by atoms with E-state index in [-0.39, 0.29) is 0 Å². The fraction of sp³-hybridized carbons (Fsp3) is 0.500. The molecular weight excluding hydrogens is 239 g/mol. The van der Waals surface area contributed by atoms with E-state index in [9.17, 15) is 14.4 Å². The molecule has 0 radical (unpaired) electrons. The third kappa shape index (κ3) is 3.04.